The number of hydrogen-bond acceptors (Lipinski definition) is 8. The average molecular weight is 435 g/mol. The van der Waals surface area contributed by atoms with Gasteiger partial charge in [-0.1, -0.05) is 18.9 Å². The SMILES string of the molecule is NCCNc1nc(NCc2ccc(-c3ccsc3)nc2)c2ncn(C3CCCC3)c2n1. The lowest BCUT2D eigenvalue weighted by Crippen LogP contribution is -2.16. The lowest BCUT2D eigenvalue weighted by molar-refractivity contribution is 0.529. The Labute approximate surface area is 185 Å². The van der Waals surface area contributed by atoms with Crippen LogP contribution in [0.25, 0.3) is 22.4 Å². The lowest BCUT2D eigenvalue weighted by Gasteiger charge is -2.13. The molecule has 8 nitrogen and oxygen atoms in total. The Morgan fingerprint density at radius 2 is 2.00 bits per heavy atom. The van der Waals surface area contributed by atoms with E-state index in [1.54, 1.807) is 11.3 Å². The quantitative estimate of drug-likeness (QED) is 0.384. The van der Waals surface area contributed by atoms with Crippen molar-refractivity contribution in [1.29, 1.82) is 0 Å². The van der Waals surface area contributed by atoms with Crippen molar-refractivity contribution in [2.75, 3.05) is 23.7 Å². The minimum atomic E-state index is 0.462. The minimum Gasteiger partial charge on any atom is -0.364 e. The maximum absolute atomic E-state index is 5.66. The zero-order valence-corrected chi connectivity index (χ0v) is 18.1. The molecule has 0 unspecified atom stereocenters. The molecule has 4 heterocycles. The van der Waals surface area contributed by atoms with Gasteiger partial charge in [-0.3, -0.25) is 4.98 Å². The Hall–Kier alpha value is -3.04. The molecule has 4 aromatic heterocycles. The predicted octanol–water partition coefficient (Wildman–Crippen LogP) is 4.05. The Kier molecular flexibility index (Phi) is 5.77. The second-order valence-electron chi connectivity index (χ2n) is 7.79. The van der Waals surface area contributed by atoms with Crippen molar-refractivity contribution in [2.24, 2.45) is 5.73 Å². The van der Waals surface area contributed by atoms with Gasteiger partial charge >= 0.3 is 0 Å². The summed E-state index contributed by atoms with van der Waals surface area (Å²) in [6, 6.07) is 6.69. The second kappa shape index (κ2) is 8.99. The van der Waals surface area contributed by atoms with Gasteiger partial charge in [-0.15, -0.1) is 0 Å². The summed E-state index contributed by atoms with van der Waals surface area (Å²) in [5.41, 5.74) is 10.5. The Balaban J connectivity index is 1.40. The van der Waals surface area contributed by atoms with E-state index in [0.29, 0.717) is 31.6 Å². The summed E-state index contributed by atoms with van der Waals surface area (Å²) in [5, 5.41) is 10.8. The monoisotopic (exact) mass is 434 g/mol. The minimum absolute atomic E-state index is 0.462. The molecule has 0 atom stereocenters. The molecule has 4 aromatic rings. The molecule has 0 bridgehead atoms. The van der Waals surface area contributed by atoms with Crippen LogP contribution in [-0.2, 0) is 6.54 Å². The highest BCUT2D eigenvalue weighted by Crippen LogP contribution is 2.33. The molecule has 0 saturated heterocycles. The molecule has 0 aliphatic heterocycles. The Bertz CT molecular complexity index is 1130. The molecule has 1 fully saturated rings. The van der Waals surface area contributed by atoms with Crippen LogP contribution in [0.5, 0.6) is 0 Å². The van der Waals surface area contributed by atoms with Gasteiger partial charge in [-0.25, -0.2) is 4.98 Å². The van der Waals surface area contributed by atoms with Crippen molar-refractivity contribution in [3.8, 4) is 11.3 Å². The molecule has 1 saturated carbocycles. The summed E-state index contributed by atoms with van der Waals surface area (Å²) < 4.78 is 2.21. The number of aromatic nitrogens is 5. The van der Waals surface area contributed by atoms with E-state index >= 15 is 0 Å². The highest BCUT2D eigenvalue weighted by atomic mass is 32.1. The maximum atomic E-state index is 5.66. The summed E-state index contributed by atoms with van der Waals surface area (Å²) in [7, 11) is 0. The first-order valence-electron chi connectivity index (χ1n) is 10.7. The fourth-order valence-electron chi connectivity index (χ4n) is 4.05. The number of imidazole rings is 1. The van der Waals surface area contributed by atoms with Crippen LogP contribution in [0.15, 0.2) is 41.5 Å². The number of rotatable bonds is 8. The Morgan fingerprint density at radius 1 is 1.10 bits per heavy atom. The molecule has 4 N–H and O–H groups in total. The summed E-state index contributed by atoms with van der Waals surface area (Å²) in [5.74, 6) is 1.30. The molecule has 9 heteroatoms. The van der Waals surface area contributed by atoms with Gasteiger partial charge in [-0.2, -0.15) is 21.3 Å². The topological polar surface area (TPSA) is 107 Å². The molecule has 0 amide bonds. The van der Waals surface area contributed by atoms with E-state index in [4.69, 9.17) is 10.7 Å². The van der Waals surface area contributed by atoms with Gasteiger partial charge in [0.15, 0.2) is 17.0 Å². The average Bonchev–Trinajstić information content (AvgIpc) is 3.57. The van der Waals surface area contributed by atoms with Gasteiger partial charge in [0, 0.05) is 42.8 Å². The number of fused-ring (bicyclic) bond motifs is 1. The molecular formula is C22H26N8S. The van der Waals surface area contributed by atoms with Crippen molar-refractivity contribution in [3.63, 3.8) is 0 Å². The number of thiophene rings is 1. The third kappa shape index (κ3) is 4.24. The van der Waals surface area contributed by atoms with Gasteiger partial charge in [0.25, 0.3) is 0 Å². The van der Waals surface area contributed by atoms with Crippen LogP contribution in [0.4, 0.5) is 11.8 Å². The van der Waals surface area contributed by atoms with Gasteiger partial charge in [0.05, 0.1) is 12.0 Å². The number of anilines is 2. The molecule has 160 valence electrons. The van der Waals surface area contributed by atoms with Crippen molar-refractivity contribution in [3.05, 3.63) is 47.0 Å². The third-order valence-electron chi connectivity index (χ3n) is 5.67. The largest absolute Gasteiger partial charge is 0.364 e. The summed E-state index contributed by atoms with van der Waals surface area (Å²) >= 11 is 1.68. The zero-order chi connectivity index (χ0) is 21.0. The first-order chi connectivity index (χ1) is 15.3. The van der Waals surface area contributed by atoms with Crippen LogP contribution in [0, 0.1) is 0 Å². The molecule has 31 heavy (non-hydrogen) atoms. The molecular weight excluding hydrogens is 408 g/mol. The number of nitrogens with zero attached hydrogens (tertiary/aromatic N) is 5. The highest BCUT2D eigenvalue weighted by molar-refractivity contribution is 7.08. The molecule has 5 rings (SSSR count). The van der Waals surface area contributed by atoms with E-state index in [2.05, 4.69) is 59.1 Å². The normalized spacial score (nSPS) is 14.4. The predicted molar refractivity (Wildman–Crippen MR) is 125 cm³/mol. The van der Waals surface area contributed by atoms with Gasteiger partial charge in [0.2, 0.25) is 5.95 Å². The summed E-state index contributed by atoms with van der Waals surface area (Å²) in [6.45, 7) is 1.75. The van der Waals surface area contributed by atoms with E-state index < -0.39 is 0 Å². The Morgan fingerprint density at radius 3 is 2.74 bits per heavy atom. The fourth-order valence-corrected chi connectivity index (χ4v) is 4.70. The molecule has 1 aliphatic carbocycles. The smallest absolute Gasteiger partial charge is 0.226 e. The summed E-state index contributed by atoms with van der Waals surface area (Å²) in [4.78, 5) is 18.7. The number of pyridine rings is 1. The van der Waals surface area contributed by atoms with Gasteiger partial charge in [-0.05, 0) is 35.9 Å². The van der Waals surface area contributed by atoms with Crippen LogP contribution in [-0.4, -0.2) is 37.6 Å². The second-order valence-corrected chi connectivity index (χ2v) is 8.57. The van der Waals surface area contributed by atoms with E-state index in [1.165, 1.54) is 25.7 Å². The zero-order valence-electron chi connectivity index (χ0n) is 17.3. The number of hydrogen-bond donors (Lipinski definition) is 3. The maximum Gasteiger partial charge on any atom is 0.226 e. The van der Waals surface area contributed by atoms with Crippen LogP contribution in [0.3, 0.4) is 0 Å². The first-order valence-corrected chi connectivity index (χ1v) is 11.7. The van der Waals surface area contributed by atoms with E-state index in [-0.39, 0.29) is 0 Å². The van der Waals surface area contributed by atoms with Crippen molar-refractivity contribution < 1.29 is 0 Å². The lowest BCUT2D eigenvalue weighted by atomic mass is 10.2. The van der Waals surface area contributed by atoms with E-state index in [0.717, 1.165) is 33.8 Å². The fraction of sp³-hybridized carbons (Fsp3) is 0.364. The first kappa shape index (κ1) is 19.9. The number of nitrogens with one attached hydrogen (secondary N) is 2. The molecule has 0 spiro atoms. The van der Waals surface area contributed by atoms with Crippen molar-refractivity contribution >= 4 is 34.3 Å². The molecule has 0 radical (unpaired) electrons. The van der Waals surface area contributed by atoms with E-state index in [9.17, 15) is 0 Å². The third-order valence-corrected chi connectivity index (χ3v) is 6.35. The van der Waals surface area contributed by atoms with Crippen LogP contribution in [0.2, 0.25) is 0 Å². The van der Waals surface area contributed by atoms with Crippen LogP contribution in [0.1, 0.15) is 37.3 Å². The standard InChI is InChI=1S/C22H26N8S/c23-8-9-24-22-28-20(19-21(29-22)30(14-27-19)17-3-1-2-4-17)26-12-15-5-6-18(25-11-15)16-7-10-31-13-16/h5-7,10-11,13-14,17H,1-4,8-9,12,23H2,(H2,24,26,28,29). The molecule has 1 aliphatic rings. The van der Waals surface area contributed by atoms with Crippen molar-refractivity contribution in [2.45, 2.75) is 38.3 Å². The highest BCUT2D eigenvalue weighted by Gasteiger charge is 2.21. The van der Waals surface area contributed by atoms with Crippen molar-refractivity contribution in [1.82, 2.24) is 24.5 Å². The van der Waals surface area contributed by atoms with E-state index in [1.807, 2.05) is 12.5 Å². The van der Waals surface area contributed by atoms with Crippen LogP contribution < -0.4 is 16.4 Å². The van der Waals surface area contributed by atoms with Gasteiger partial charge < -0.3 is 20.9 Å². The van der Waals surface area contributed by atoms with Gasteiger partial charge in [0.1, 0.15) is 0 Å². The van der Waals surface area contributed by atoms with Crippen LogP contribution >= 0.6 is 11.3 Å². The molecule has 0 aromatic carbocycles. The number of nitrogens with two attached hydrogens (primary N) is 1. The summed E-state index contributed by atoms with van der Waals surface area (Å²) in [6.07, 6.45) is 8.67.